The molecular weight excluding hydrogens is 685 g/mol. The first-order chi connectivity index (χ1) is 24.2. The number of pyridine rings is 1. The third-order valence-electron chi connectivity index (χ3n) is 8.89. The summed E-state index contributed by atoms with van der Waals surface area (Å²) < 4.78 is 16.5. The fourth-order valence-corrected chi connectivity index (χ4v) is 6.95. The maximum atomic E-state index is 14.6. The molecule has 0 bridgehead atoms. The molecule has 0 aliphatic carbocycles. The van der Waals surface area contributed by atoms with Gasteiger partial charge in [0.25, 0.3) is 0 Å². The van der Waals surface area contributed by atoms with Crippen LogP contribution in [0.25, 0.3) is 0 Å². The van der Waals surface area contributed by atoms with Gasteiger partial charge in [-0.05, 0) is 39.1 Å². The fraction of sp³-hybridized carbons (Fsp3) is 0.441. The minimum Gasteiger partial charge on any atom is -0.495 e. The summed E-state index contributed by atoms with van der Waals surface area (Å²) in [5.74, 6) is 1.88. The molecule has 6 rings (SSSR count). The Bertz CT molecular complexity index is 1700. The Hall–Kier alpha value is -4.37. The number of fused-ring (bicyclic) bond motifs is 1. The van der Waals surface area contributed by atoms with Crippen LogP contribution in [0.2, 0.25) is 10.0 Å². The van der Waals surface area contributed by atoms with E-state index in [0.29, 0.717) is 80.3 Å². The molecule has 1 N–H and O–H groups in total. The van der Waals surface area contributed by atoms with E-state index < -0.39 is 0 Å². The highest BCUT2D eigenvalue weighted by Gasteiger charge is 2.41. The molecule has 0 radical (unpaired) electrons. The number of amides is 3. The van der Waals surface area contributed by atoms with Gasteiger partial charge in [0, 0.05) is 62.7 Å². The molecule has 0 spiro atoms. The number of carbonyl (C=O) groups is 2. The van der Waals surface area contributed by atoms with Crippen molar-refractivity contribution in [2.45, 2.75) is 25.4 Å². The van der Waals surface area contributed by atoms with Gasteiger partial charge in [-0.2, -0.15) is 4.98 Å². The molecule has 5 heterocycles. The highest BCUT2D eigenvalue weighted by Crippen LogP contribution is 2.48. The second-order valence-corrected chi connectivity index (χ2v) is 13.1. The van der Waals surface area contributed by atoms with Gasteiger partial charge in [-0.25, -0.2) is 14.8 Å². The number of piperidine rings is 1. The van der Waals surface area contributed by atoms with Crippen LogP contribution >= 0.6 is 23.2 Å². The molecule has 2 saturated heterocycles. The zero-order valence-corrected chi connectivity index (χ0v) is 30.1. The van der Waals surface area contributed by atoms with E-state index in [1.54, 1.807) is 34.3 Å². The Morgan fingerprint density at radius 3 is 2.36 bits per heavy atom. The summed E-state index contributed by atoms with van der Waals surface area (Å²) in [5.41, 5.74) is 1.95. The zero-order chi connectivity index (χ0) is 35.4. The van der Waals surface area contributed by atoms with Crippen LogP contribution in [-0.2, 0) is 16.1 Å². The molecule has 0 unspecified atom stereocenters. The summed E-state index contributed by atoms with van der Waals surface area (Å²) in [6.45, 7) is 4.69. The van der Waals surface area contributed by atoms with Gasteiger partial charge in [0.1, 0.15) is 33.2 Å². The number of benzene rings is 1. The molecule has 3 amide bonds. The minimum atomic E-state index is -0.370. The SMILES string of the molecule is COc1cc(OC)c(Cl)c(N2Cc3cnc(Nc4ccc(N5CCOCC5)cn4)nc3N(C3CCN(C(=O)C=CCN(C)C)CC3)C2=O)c1Cl. The average molecular weight is 727 g/mol. The van der Waals surface area contributed by atoms with Crippen molar-refractivity contribution < 1.29 is 23.8 Å². The van der Waals surface area contributed by atoms with E-state index in [-0.39, 0.29) is 40.3 Å². The van der Waals surface area contributed by atoms with E-state index in [1.165, 1.54) is 19.1 Å². The first-order valence-corrected chi connectivity index (χ1v) is 17.2. The number of hydrogen-bond acceptors (Lipinski definition) is 11. The van der Waals surface area contributed by atoms with Crippen LogP contribution in [0.1, 0.15) is 18.4 Å². The van der Waals surface area contributed by atoms with E-state index >= 15 is 0 Å². The number of anilines is 5. The summed E-state index contributed by atoms with van der Waals surface area (Å²) in [6.07, 6.45) is 8.02. The largest absolute Gasteiger partial charge is 0.495 e. The number of likely N-dealkylation sites (tertiary alicyclic amines) is 1. The lowest BCUT2D eigenvalue weighted by Gasteiger charge is -2.43. The fourth-order valence-electron chi connectivity index (χ4n) is 6.25. The van der Waals surface area contributed by atoms with Crippen molar-refractivity contribution in [3.63, 3.8) is 0 Å². The maximum absolute atomic E-state index is 14.6. The maximum Gasteiger partial charge on any atom is 0.330 e. The minimum absolute atomic E-state index is 0.0553. The Kier molecular flexibility index (Phi) is 11.1. The highest BCUT2D eigenvalue weighted by molar-refractivity contribution is 6.42. The predicted molar refractivity (Wildman–Crippen MR) is 194 cm³/mol. The number of nitrogens with one attached hydrogen (secondary N) is 1. The van der Waals surface area contributed by atoms with Gasteiger partial charge in [0.15, 0.2) is 0 Å². The van der Waals surface area contributed by atoms with Crippen LogP contribution in [0.4, 0.5) is 33.8 Å². The summed E-state index contributed by atoms with van der Waals surface area (Å²) in [4.78, 5) is 50.8. The van der Waals surface area contributed by atoms with Crippen molar-refractivity contribution in [3.8, 4) is 11.5 Å². The number of halogens is 2. The topological polar surface area (TPSA) is 129 Å². The van der Waals surface area contributed by atoms with Gasteiger partial charge in [-0.15, -0.1) is 0 Å². The summed E-state index contributed by atoms with van der Waals surface area (Å²) in [5, 5.41) is 3.54. The molecule has 14 nitrogen and oxygen atoms in total. The predicted octanol–water partition coefficient (Wildman–Crippen LogP) is 4.83. The van der Waals surface area contributed by atoms with Gasteiger partial charge in [-0.3, -0.25) is 14.6 Å². The lowest BCUT2D eigenvalue weighted by atomic mass is 10.0. The van der Waals surface area contributed by atoms with E-state index in [9.17, 15) is 9.59 Å². The van der Waals surface area contributed by atoms with E-state index in [4.69, 9.17) is 42.4 Å². The number of likely N-dealkylation sites (N-methyl/N-ethyl adjacent to an activating group) is 1. The van der Waals surface area contributed by atoms with Gasteiger partial charge < -0.3 is 34.2 Å². The Balaban J connectivity index is 1.30. The standard InChI is InChI=1S/C34H41Cl2N9O5/c1-41(2)11-5-6-28(46)43-12-9-23(10-13-43)45-32-22(21-44(34(45)47)31-29(35)25(48-3)18-26(49-4)30(31)36)19-38-33(40-32)39-27-8-7-24(20-37-27)42-14-16-50-17-15-42/h5-8,18-20,23H,9-17,21H2,1-4H3,(H,37,38,39,40). The van der Waals surface area contributed by atoms with Gasteiger partial charge >= 0.3 is 6.03 Å². The third-order valence-corrected chi connectivity index (χ3v) is 9.62. The van der Waals surface area contributed by atoms with Crippen LogP contribution in [0.5, 0.6) is 11.5 Å². The molecule has 2 aromatic heterocycles. The highest BCUT2D eigenvalue weighted by atomic mass is 35.5. The Labute approximate surface area is 301 Å². The molecule has 1 aromatic carbocycles. The smallest absolute Gasteiger partial charge is 0.330 e. The molecule has 50 heavy (non-hydrogen) atoms. The van der Waals surface area contributed by atoms with E-state index in [0.717, 1.165) is 18.8 Å². The van der Waals surface area contributed by atoms with Crippen LogP contribution in [0.15, 0.2) is 42.7 Å². The van der Waals surface area contributed by atoms with Crippen LogP contribution in [0.3, 0.4) is 0 Å². The molecule has 0 atom stereocenters. The van der Waals surface area contributed by atoms with Gasteiger partial charge in [-0.1, -0.05) is 29.3 Å². The Morgan fingerprint density at radius 2 is 1.74 bits per heavy atom. The van der Waals surface area contributed by atoms with Crippen LogP contribution in [-0.4, -0.2) is 117 Å². The lowest BCUT2D eigenvalue weighted by Crippen LogP contribution is -2.55. The molecule has 266 valence electrons. The Morgan fingerprint density at radius 1 is 1.04 bits per heavy atom. The molecule has 3 aromatic rings. The molecule has 0 saturated carbocycles. The number of rotatable bonds is 10. The van der Waals surface area contributed by atoms with Crippen LogP contribution < -0.4 is 29.5 Å². The lowest BCUT2D eigenvalue weighted by molar-refractivity contribution is -0.127. The van der Waals surface area contributed by atoms with E-state index in [1.807, 2.05) is 37.2 Å². The van der Waals surface area contributed by atoms with Crippen LogP contribution in [0, 0.1) is 0 Å². The molecule has 3 aliphatic heterocycles. The van der Waals surface area contributed by atoms with Gasteiger partial charge in [0.2, 0.25) is 11.9 Å². The summed E-state index contributed by atoms with van der Waals surface area (Å²) in [7, 11) is 6.86. The number of carbonyl (C=O) groups excluding carboxylic acids is 2. The molecule has 2 fully saturated rings. The first-order valence-electron chi connectivity index (χ1n) is 16.4. The number of morpholine rings is 1. The van der Waals surface area contributed by atoms with Crippen molar-refractivity contribution in [1.82, 2.24) is 24.8 Å². The quantitative estimate of drug-likeness (QED) is 0.289. The first kappa shape index (κ1) is 35.5. The number of aromatic nitrogens is 3. The van der Waals surface area contributed by atoms with Crippen molar-refractivity contribution in [3.05, 3.63) is 58.4 Å². The zero-order valence-electron chi connectivity index (χ0n) is 28.6. The second kappa shape index (κ2) is 15.7. The van der Waals surface area contributed by atoms with Gasteiger partial charge in [0.05, 0.1) is 51.5 Å². The number of nitrogens with zero attached hydrogens (tertiary/aromatic N) is 8. The number of methoxy groups -OCH3 is 2. The van der Waals surface area contributed by atoms with Crippen molar-refractivity contribution in [1.29, 1.82) is 0 Å². The van der Waals surface area contributed by atoms with E-state index in [2.05, 4.69) is 20.2 Å². The molecular formula is C34H41Cl2N9O5. The third kappa shape index (κ3) is 7.53. The molecule has 3 aliphatic rings. The number of urea groups is 1. The summed E-state index contributed by atoms with van der Waals surface area (Å²) in [6, 6.07) is 4.80. The number of hydrogen-bond donors (Lipinski definition) is 1. The second-order valence-electron chi connectivity index (χ2n) is 12.4. The average Bonchev–Trinajstić information content (AvgIpc) is 3.13. The van der Waals surface area contributed by atoms with Crippen molar-refractivity contribution >= 4 is 64.1 Å². The number of ether oxygens (including phenoxy) is 3. The van der Waals surface area contributed by atoms with Crippen molar-refractivity contribution in [2.75, 3.05) is 94.3 Å². The van der Waals surface area contributed by atoms with Crippen molar-refractivity contribution in [2.24, 2.45) is 0 Å². The summed E-state index contributed by atoms with van der Waals surface area (Å²) >= 11 is 13.6. The monoisotopic (exact) mass is 725 g/mol. The molecule has 16 heteroatoms. The normalized spacial score (nSPS) is 17.1.